The third-order valence-electron chi connectivity index (χ3n) is 3.48. The molecule has 0 atom stereocenters. The second-order valence-corrected chi connectivity index (χ2v) is 4.86. The average Bonchev–Trinajstić information content (AvgIpc) is 2.79. The van der Waals surface area contributed by atoms with Crippen molar-refractivity contribution >= 4 is 5.91 Å². The molecule has 96 valence electrons. The van der Waals surface area contributed by atoms with Gasteiger partial charge in [-0.1, -0.05) is 0 Å². The van der Waals surface area contributed by atoms with E-state index in [-0.39, 0.29) is 5.91 Å². The predicted molar refractivity (Wildman–Crippen MR) is 65.9 cm³/mol. The number of aromatic nitrogens is 2. The van der Waals surface area contributed by atoms with Crippen LogP contribution in [0, 0.1) is 18.3 Å². The summed E-state index contributed by atoms with van der Waals surface area (Å²) in [6.45, 7) is 3.42. The van der Waals surface area contributed by atoms with Gasteiger partial charge in [-0.3, -0.25) is 9.89 Å². The second kappa shape index (κ2) is 4.78. The van der Waals surface area contributed by atoms with Gasteiger partial charge in [0.2, 0.25) is 0 Å². The minimum atomic E-state index is -0.743. The number of nitrogens with zero attached hydrogens (tertiary/aromatic N) is 3. The Morgan fingerprint density at radius 1 is 1.61 bits per heavy atom. The number of amides is 1. The number of hydrogen-bond acceptors (Lipinski definition) is 4. The number of nitrogens with one attached hydrogen (secondary N) is 2. The number of carbonyl (C=O) groups excluding carboxylic acids is 1. The third-order valence-corrected chi connectivity index (χ3v) is 3.48. The molecular weight excluding hydrogens is 230 g/mol. The molecule has 18 heavy (non-hydrogen) atoms. The number of nitriles is 1. The summed E-state index contributed by atoms with van der Waals surface area (Å²) < 4.78 is 0. The van der Waals surface area contributed by atoms with Crippen LogP contribution in [0.5, 0.6) is 0 Å². The monoisotopic (exact) mass is 247 g/mol. The van der Waals surface area contributed by atoms with Gasteiger partial charge in [-0.25, -0.2) is 0 Å². The van der Waals surface area contributed by atoms with Crippen LogP contribution in [0.15, 0.2) is 6.20 Å². The molecule has 0 bridgehead atoms. The number of aryl methyl sites for hydroxylation is 1. The average molecular weight is 247 g/mol. The van der Waals surface area contributed by atoms with Crippen molar-refractivity contribution in [3.63, 3.8) is 0 Å². The van der Waals surface area contributed by atoms with Gasteiger partial charge >= 0.3 is 0 Å². The molecule has 1 fully saturated rings. The van der Waals surface area contributed by atoms with Crippen LogP contribution < -0.4 is 5.32 Å². The van der Waals surface area contributed by atoms with E-state index < -0.39 is 5.54 Å². The quantitative estimate of drug-likeness (QED) is 0.794. The number of aromatic amines is 1. The van der Waals surface area contributed by atoms with E-state index in [0.29, 0.717) is 24.1 Å². The summed E-state index contributed by atoms with van der Waals surface area (Å²) in [4.78, 5) is 14.3. The van der Waals surface area contributed by atoms with Crippen LogP contribution >= 0.6 is 0 Å². The lowest BCUT2D eigenvalue weighted by Crippen LogP contribution is -2.53. The van der Waals surface area contributed by atoms with Crippen molar-refractivity contribution in [1.82, 2.24) is 20.4 Å². The molecule has 1 aliphatic rings. The highest BCUT2D eigenvalue weighted by Gasteiger charge is 2.35. The van der Waals surface area contributed by atoms with E-state index in [9.17, 15) is 10.1 Å². The molecule has 0 aromatic carbocycles. The summed E-state index contributed by atoms with van der Waals surface area (Å²) in [7, 11) is 2.02. The van der Waals surface area contributed by atoms with E-state index in [1.807, 2.05) is 7.05 Å². The Bertz CT molecular complexity index is 479. The fraction of sp³-hybridized carbons (Fsp3) is 0.583. The zero-order valence-corrected chi connectivity index (χ0v) is 10.7. The summed E-state index contributed by atoms with van der Waals surface area (Å²) in [6, 6.07) is 2.26. The maximum absolute atomic E-state index is 12.1. The first-order valence-corrected chi connectivity index (χ1v) is 5.98. The fourth-order valence-electron chi connectivity index (χ4n) is 2.13. The minimum Gasteiger partial charge on any atom is -0.334 e. The van der Waals surface area contributed by atoms with Crippen molar-refractivity contribution in [2.45, 2.75) is 25.3 Å². The summed E-state index contributed by atoms with van der Waals surface area (Å²) >= 11 is 0. The number of hydrogen-bond donors (Lipinski definition) is 2. The fourth-order valence-corrected chi connectivity index (χ4v) is 2.13. The molecule has 2 heterocycles. The Labute approximate surface area is 106 Å². The van der Waals surface area contributed by atoms with Crippen molar-refractivity contribution in [2.75, 3.05) is 20.1 Å². The molecule has 0 radical (unpaired) electrons. The van der Waals surface area contributed by atoms with Crippen molar-refractivity contribution in [3.8, 4) is 6.07 Å². The molecule has 0 saturated carbocycles. The van der Waals surface area contributed by atoms with Gasteiger partial charge in [0, 0.05) is 18.8 Å². The number of H-pyrrole nitrogens is 1. The van der Waals surface area contributed by atoms with Gasteiger partial charge in [0.25, 0.3) is 5.91 Å². The molecule has 0 spiro atoms. The lowest BCUT2D eigenvalue weighted by molar-refractivity contribution is 0.0881. The predicted octanol–water partition coefficient (Wildman–Crippen LogP) is 0.436. The van der Waals surface area contributed by atoms with Crippen molar-refractivity contribution < 1.29 is 4.79 Å². The molecule has 1 saturated heterocycles. The van der Waals surface area contributed by atoms with E-state index in [4.69, 9.17) is 0 Å². The van der Waals surface area contributed by atoms with Gasteiger partial charge in [0.1, 0.15) is 5.54 Å². The Morgan fingerprint density at radius 3 is 2.78 bits per heavy atom. The first-order valence-electron chi connectivity index (χ1n) is 5.98. The van der Waals surface area contributed by atoms with E-state index in [0.717, 1.165) is 13.1 Å². The molecule has 1 amide bonds. The van der Waals surface area contributed by atoms with Gasteiger partial charge in [0.05, 0.1) is 17.8 Å². The molecule has 2 rings (SSSR count). The first kappa shape index (κ1) is 12.6. The zero-order chi connectivity index (χ0) is 13.2. The van der Waals surface area contributed by atoms with E-state index in [2.05, 4.69) is 26.5 Å². The van der Waals surface area contributed by atoms with Gasteiger partial charge in [-0.2, -0.15) is 10.4 Å². The zero-order valence-electron chi connectivity index (χ0n) is 10.7. The van der Waals surface area contributed by atoms with Crippen LogP contribution in [-0.2, 0) is 0 Å². The largest absolute Gasteiger partial charge is 0.334 e. The van der Waals surface area contributed by atoms with Crippen LogP contribution in [0.25, 0.3) is 0 Å². The van der Waals surface area contributed by atoms with E-state index >= 15 is 0 Å². The molecule has 1 aromatic rings. The maximum Gasteiger partial charge on any atom is 0.255 e. The molecule has 1 aromatic heterocycles. The number of piperidine rings is 1. The van der Waals surface area contributed by atoms with Gasteiger partial charge in [-0.05, 0) is 26.8 Å². The molecule has 2 N–H and O–H groups in total. The van der Waals surface area contributed by atoms with Crippen LogP contribution in [0.2, 0.25) is 0 Å². The molecule has 6 nitrogen and oxygen atoms in total. The maximum atomic E-state index is 12.1. The second-order valence-electron chi connectivity index (χ2n) is 4.86. The minimum absolute atomic E-state index is 0.229. The van der Waals surface area contributed by atoms with Crippen molar-refractivity contribution in [3.05, 3.63) is 17.5 Å². The van der Waals surface area contributed by atoms with E-state index in [1.165, 1.54) is 6.20 Å². The first-order chi connectivity index (χ1) is 8.56. The normalized spacial score (nSPS) is 19.2. The molecule has 0 unspecified atom stereocenters. The van der Waals surface area contributed by atoms with Crippen LogP contribution in [0.4, 0.5) is 0 Å². The van der Waals surface area contributed by atoms with E-state index in [1.54, 1.807) is 6.92 Å². The summed E-state index contributed by atoms with van der Waals surface area (Å²) in [5.74, 6) is -0.229. The van der Waals surface area contributed by atoms with Crippen molar-refractivity contribution in [2.24, 2.45) is 0 Å². The van der Waals surface area contributed by atoms with Gasteiger partial charge in [0.15, 0.2) is 0 Å². The summed E-state index contributed by atoms with van der Waals surface area (Å²) in [6.07, 6.45) is 2.80. The lowest BCUT2D eigenvalue weighted by Gasteiger charge is -2.35. The van der Waals surface area contributed by atoms with Crippen LogP contribution in [0.1, 0.15) is 28.9 Å². The Kier molecular flexibility index (Phi) is 3.34. The number of carbonyl (C=O) groups is 1. The van der Waals surface area contributed by atoms with Crippen molar-refractivity contribution in [1.29, 1.82) is 5.26 Å². The number of rotatable bonds is 2. The SMILES string of the molecule is Cc1[nH]ncc1C(=O)NC1(C#N)CCN(C)CC1. The Balaban J connectivity index is 2.10. The number of likely N-dealkylation sites (tertiary alicyclic amines) is 1. The molecular formula is C12H17N5O. The Hall–Kier alpha value is -1.87. The lowest BCUT2D eigenvalue weighted by atomic mass is 9.89. The highest BCUT2D eigenvalue weighted by atomic mass is 16.1. The molecule has 1 aliphatic heterocycles. The van der Waals surface area contributed by atoms with Crippen LogP contribution in [0.3, 0.4) is 0 Å². The van der Waals surface area contributed by atoms with Crippen LogP contribution in [-0.4, -0.2) is 46.7 Å². The summed E-state index contributed by atoms with van der Waals surface area (Å²) in [5, 5.41) is 18.7. The highest BCUT2D eigenvalue weighted by Crippen LogP contribution is 2.21. The topological polar surface area (TPSA) is 84.8 Å². The smallest absolute Gasteiger partial charge is 0.255 e. The molecule has 0 aliphatic carbocycles. The molecule has 6 heteroatoms. The van der Waals surface area contributed by atoms with Gasteiger partial charge < -0.3 is 10.2 Å². The standard InChI is InChI=1S/C12H17N5O/c1-9-10(7-14-16-9)11(18)15-12(8-13)3-5-17(2)6-4-12/h7H,3-6H2,1-2H3,(H,14,16)(H,15,18). The Morgan fingerprint density at radius 2 is 2.28 bits per heavy atom. The highest BCUT2D eigenvalue weighted by molar-refractivity contribution is 5.95. The van der Waals surface area contributed by atoms with Gasteiger partial charge in [-0.15, -0.1) is 0 Å². The summed E-state index contributed by atoms with van der Waals surface area (Å²) in [5.41, 5.74) is 0.477. The third kappa shape index (κ3) is 2.36.